The lowest BCUT2D eigenvalue weighted by atomic mass is 10.1. The summed E-state index contributed by atoms with van der Waals surface area (Å²) in [7, 11) is 3.18. The topological polar surface area (TPSA) is 56.8 Å². The molecule has 28 heavy (non-hydrogen) atoms. The van der Waals surface area contributed by atoms with Crippen molar-refractivity contribution in [3.63, 3.8) is 0 Å². The van der Waals surface area contributed by atoms with Gasteiger partial charge < -0.3 is 19.5 Å². The molecule has 5 heteroatoms. The Bertz CT molecular complexity index is 964. The molecule has 0 bridgehead atoms. The number of ether oxygens (including phenoxy) is 3. The monoisotopic (exact) mass is 379 g/mol. The summed E-state index contributed by atoms with van der Waals surface area (Å²) >= 11 is 0. The summed E-state index contributed by atoms with van der Waals surface area (Å²) in [5.74, 6) is 1.79. The highest BCUT2D eigenvalue weighted by Gasteiger charge is 2.19. The fourth-order valence-corrected chi connectivity index (χ4v) is 3.08. The van der Waals surface area contributed by atoms with Crippen LogP contribution in [0.5, 0.6) is 17.2 Å². The van der Waals surface area contributed by atoms with Gasteiger partial charge in [-0.1, -0.05) is 42.5 Å². The van der Waals surface area contributed by atoms with E-state index in [4.69, 9.17) is 14.2 Å². The van der Waals surface area contributed by atoms with Crippen LogP contribution in [0.3, 0.4) is 0 Å². The van der Waals surface area contributed by atoms with E-state index in [9.17, 15) is 4.79 Å². The first-order valence-corrected chi connectivity index (χ1v) is 9.20. The van der Waals surface area contributed by atoms with Crippen LogP contribution < -0.4 is 19.5 Å². The Morgan fingerprint density at radius 1 is 0.857 bits per heavy atom. The van der Waals surface area contributed by atoms with E-state index in [0.29, 0.717) is 17.2 Å². The van der Waals surface area contributed by atoms with Crippen molar-refractivity contribution in [3.8, 4) is 17.2 Å². The molecule has 5 nitrogen and oxygen atoms in total. The van der Waals surface area contributed by atoms with Crippen LogP contribution in [0.25, 0.3) is 10.8 Å². The van der Waals surface area contributed by atoms with Crippen LogP contribution in [0, 0.1) is 0 Å². The van der Waals surface area contributed by atoms with Gasteiger partial charge in [0.25, 0.3) is 5.91 Å². The van der Waals surface area contributed by atoms with Gasteiger partial charge in [-0.15, -0.1) is 0 Å². The second-order valence-electron chi connectivity index (χ2n) is 6.58. The second-order valence-corrected chi connectivity index (χ2v) is 6.58. The third-order valence-electron chi connectivity index (χ3n) is 4.69. The maximum Gasteiger partial charge on any atom is 0.261 e. The van der Waals surface area contributed by atoms with E-state index in [1.54, 1.807) is 21.1 Å². The number of fused-ring (bicyclic) bond motifs is 1. The fourth-order valence-electron chi connectivity index (χ4n) is 3.08. The van der Waals surface area contributed by atoms with Gasteiger partial charge in [-0.05, 0) is 43.0 Å². The van der Waals surface area contributed by atoms with Gasteiger partial charge in [-0.2, -0.15) is 0 Å². The van der Waals surface area contributed by atoms with Crippen molar-refractivity contribution in [3.05, 3.63) is 66.2 Å². The smallest absolute Gasteiger partial charge is 0.261 e. The number of rotatable bonds is 7. The lowest BCUT2D eigenvalue weighted by molar-refractivity contribution is -0.127. The average Bonchev–Trinajstić information content (AvgIpc) is 2.73. The van der Waals surface area contributed by atoms with Gasteiger partial charge in [0.05, 0.1) is 20.3 Å². The van der Waals surface area contributed by atoms with Crippen molar-refractivity contribution < 1.29 is 19.0 Å². The van der Waals surface area contributed by atoms with E-state index in [0.717, 1.165) is 16.3 Å². The van der Waals surface area contributed by atoms with E-state index in [2.05, 4.69) is 5.32 Å². The number of amides is 1. The summed E-state index contributed by atoms with van der Waals surface area (Å²) < 4.78 is 16.5. The van der Waals surface area contributed by atoms with Gasteiger partial charge in [-0.25, -0.2) is 0 Å². The zero-order valence-corrected chi connectivity index (χ0v) is 16.6. The maximum absolute atomic E-state index is 12.7. The predicted molar refractivity (Wildman–Crippen MR) is 110 cm³/mol. The molecule has 0 saturated carbocycles. The molecular weight excluding hydrogens is 354 g/mol. The predicted octanol–water partition coefficient (Wildman–Crippen LogP) is 4.50. The van der Waals surface area contributed by atoms with Crippen molar-refractivity contribution in [2.45, 2.75) is 26.0 Å². The Kier molecular flexibility index (Phi) is 6.04. The molecule has 0 unspecified atom stereocenters. The minimum absolute atomic E-state index is 0.185. The van der Waals surface area contributed by atoms with Gasteiger partial charge in [0.1, 0.15) is 5.75 Å². The van der Waals surface area contributed by atoms with Crippen LogP contribution >= 0.6 is 0 Å². The minimum Gasteiger partial charge on any atom is -0.493 e. The van der Waals surface area contributed by atoms with Crippen molar-refractivity contribution in [2.75, 3.05) is 14.2 Å². The Hall–Kier alpha value is -3.21. The first-order valence-electron chi connectivity index (χ1n) is 9.20. The SMILES string of the molecule is COc1ccc([C@@H](C)NC(=O)[C@H](C)Oc2cccc3ccccc23)cc1OC. The summed E-state index contributed by atoms with van der Waals surface area (Å²) in [6.07, 6.45) is -0.631. The third kappa shape index (κ3) is 4.19. The van der Waals surface area contributed by atoms with Gasteiger partial charge in [0, 0.05) is 5.39 Å². The molecule has 0 radical (unpaired) electrons. The number of hydrogen-bond donors (Lipinski definition) is 1. The van der Waals surface area contributed by atoms with Gasteiger partial charge in [0.2, 0.25) is 0 Å². The number of benzene rings is 3. The van der Waals surface area contributed by atoms with Gasteiger partial charge in [0.15, 0.2) is 17.6 Å². The summed E-state index contributed by atoms with van der Waals surface area (Å²) in [6, 6.07) is 19.2. The first-order chi connectivity index (χ1) is 13.5. The zero-order chi connectivity index (χ0) is 20.1. The summed E-state index contributed by atoms with van der Waals surface area (Å²) in [6.45, 7) is 3.67. The Balaban J connectivity index is 1.70. The van der Waals surface area contributed by atoms with Crippen molar-refractivity contribution >= 4 is 16.7 Å². The standard InChI is InChI=1S/C23H25NO4/c1-15(18-12-13-21(26-3)22(14-18)27-4)24-23(25)16(2)28-20-11-7-9-17-8-5-6-10-19(17)20/h5-16H,1-4H3,(H,24,25)/t15-,16+/m1/s1. The summed E-state index contributed by atoms with van der Waals surface area (Å²) in [5, 5.41) is 5.05. The largest absolute Gasteiger partial charge is 0.493 e. The molecule has 0 aromatic heterocycles. The first kappa shape index (κ1) is 19.5. The number of carbonyl (C=O) groups is 1. The third-order valence-corrected chi connectivity index (χ3v) is 4.69. The molecule has 0 aliphatic heterocycles. The van der Waals surface area contributed by atoms with E-state index < -0.39 is 6.10 Å². The number of methoxy groups -OCH3 is 2. The minimum atomic E-state index is -0.631. The van der Waals surface area contributed by atoms with Crippen LogP contribution in [0.4, 0.5) is 0 Å². The molecule has 0 heterocycles. The van der Waals surface area contributed by atoms with Crippen LogP contribution in [0.2, 0.25) is 0 Å². The van der Waals surface area contributed by atoms with Gasteiger partial charge in [-0.3, -0.25) is 4.79 Å². The van der Waals surface area contributed by atoms with Crippen molar-refractivity contribution in [1.29, 1.82) is 0 Å². The van der Waals surface area contributed by atoms with Crippen LogP contribution in [0.1, 0.15) is 25.5 Å². The van der Waals surface area contributed by atoms with E-state index in [-0.39, 0.29) is 11.9 Å². The normalized spacial score (nSPS) is 12.9. The highest BCUT2D eigenvalue weighted by molar-refractivity contribution is 5.89. The van der Waals surface area contributed by atoms with E-state index >= 15 is 0 Å². The lowest BCUT2D eigenvalue weighted by Gasteiger charge is -2.20. The Morgan fingerprint density at radius 2 is 1.57 bits per heavy atom. The second kappa shape index (κ2) is 8.65. The molecule has 146 valence electrons. The average molecular weight is 379 g/mol. The molecule has 2 atom stereocenters. The Labute approximate surface area is 165 Å². The number of hydrogen-bond acceptors (Lipinski definition) is 4. The molecule has 0 aliphatic carbocycles. The molecule has 1 amide bonds. The van der Waals surface area contributed by atoms with Crippen molar-refractivity contribution in [1.82, 2.24) is 5.32 Å². The van der Waals surface area contributed by atoms with Crippen LogP contribution in [0.15, 0.2) is 60.7 Å². The maximum atomic E-state index is 12.7. The molecule has 0 aliphatic rings. The summed E-state index contributed by atoms with van der Waals surface area (Å²) in [4.78, 5) is 12.7. The van der Waals surface area contributed by atoms with E-state index in [1.165, 1.54) is 0 Å². The number of carbonyl (C=O) groups excluding carboxylic acids is 1. The Morgan fingerprint density at radius 3 is 2.32 bits per heavy atom. The zero-order valence-electron chi connectivity index (χ0n) is 16.6. The van der Waals surface area contributed by atoms with Crippen LogP contribution in [-0.2, 0) is 4.79 Å². The quantitative estimate of drug-likeness (QED) is 0.657. The molecule has 0 spiro atoms. The molecule has 0 saturated heterocycles. The molecule has 1 N–H and O–H groups in total. The lowest BCUT2D eigenvalue weighted by Crippen LogP contribution is -2.37. The highest BCUT2D eigenvalue weighted by Crippen LogP contribution is 2.30. The summed E-state index contributed by atoms with van der Waals surface area (Å²) in [5.41, 5.74) is 0.920. The fraction of sp³-hybridized carbons (Fsp3) is 0.261. The molecule has 3 aromatic carbocycles. The van der Waals surface area contributed by atoms with Crippen LogP contribution in [-0.4, -0.2) is 26.2 Å². The van der Waals surface area contributed by atoms with Crippen molar-refractivity contribution in [2.24, 2.45) is 0 Å². The van der Waals surface area contributed by atoms with E-state index in [1.807, 2.05) is 67.6 Å². The molecular formula is C23H25NO4. The van der Waals surface area contributed by atoms with Gasteiger partial charge >= 0.3 is 0 Å². The molecule has 3 rings (SSSR count). The highest BCUT2D eigenvalue weighted by atomic mass is 16.5. The molecule has 3 aromatic rings. The molecule has 0 fully saturated rings. The number of nitrogens with one attached hydrogen (secondary N) is 1.